The molecule has 13 heteroatoms. The second kappa shape index (κ2) is 12.0. The van der Waals surface area contributed by atoms with Gasteiger partial charge in [0.15, 0.2) is 23.9 Å². The number of benzene rings is 2. The van der Waals surface area contributed by atoms with Crippen LogP contribution in [-0.2, 0) is 27.5 Å². The van der Waals surface area contributed by atoms with Crippen molar-refractivity contribution in [1.29, 1.82) is 5.26 Å². The maximum atomic E-state index is 15.6. The lowest BCUT2D eigenvalue weighted by Gasteiger charge is -2.12. The molecule has 194 valence electrons. The largest absolute Gasteiger partial charge is 0.481 e. The van der Waals surface area contributed by atoms with Gasteiger partial charge in [0, 0.05) is 29.7 Å². The van der Waals surface area contributed by atoms with Crippen LogP contribution in [0.15, 0.2) is 47.1 Å². The first-order valence-electron chi connectivity index (χ1n) is 11.1. The van der Waals surface area contributed by atoms with E-state index in [1.54, 1.807) is 18.2 Å². The highest BCUT2D eigenvalue weighted by molar-refractivity contribution is 9.10. The molecule has 2 aromatic heterocycles. The van der Waals surface area contributed by atoms with Crippen molar-refractivity contribution in [3.05, 3.63) is 74.7 Å². The summed E-state index contributed by atoms with van der Waals surface area (Å²) in [4.78, 5) is 22.6. The quantitative estimate of drug-likeness (QED) is 0.237. The number of hydrogen-bond acceptors (Lipinski definition) is 8. The SMILES string of the molecule is N#Cc1cc(Cl)cc(Oc2c(Br)ccc(Cc3nn(COC(=O)CCCC(=O)O)c4nnccc34)c2F)c1. The van der Waals surface area contributed by atoms with Crippen LogP contribution in [0.5, 0.6) is 11.5 Å². The normalized spacial score (nSPS) is 10.8. The molecule has 2 heterocycles. The van der Waals surface area contributed by atoms with E-state index in [9.17, 15) is 14.9 Å². The van der Waals surface area contributed by atoms with Crippen molar-refractivity contribution in [3.8, 4) is 17.6 Å². The second-order valence-corrected chi connectivity index (χ2v) is 9.31. The molecular weight excluding hydrogens is 585 g/mol. The Morgan fingerprint density at radius 2 is 2.03 bits per heavy atom. The molecule has 0 aliphatic carbocycles. The lowest BCUT2D eigenvalue weighted by Crippen LogP contribution is -2.12. The zero-order valence-corrected chi connectivity index (χ0v) is 21.9. The molecule has 4 rings (SSSR count). The van der Waals surface area contributed by atoms with Gasteiger partial charge >= 0.3 is 11.9 Å². The number of carbonyl (C=O) groups is 2. The first-order chi connectivity index (χ1) is 18.2. The fourth-order valence-corrected chi connectivity index (χ4v) is 4.20. The molecule has 38 heavy (non-hydrogen) atoms. The van der Waals surface area contributed by atoms with Gasteiger partial charge < -0.3 is 14.6 Å². The van der Waals surface area contributed by atoms with Gasteiger partial charge in [0.05, 0.1) is 28.0 Å². The van der Waals surface area contributed by atoms with Gasteiger partial charge in [-0.2, -0.15) is 15.5 Å². The van der Waals surface area contributed by atoms with Crippen LogP contribution in [0.4, 0.5) is 4.39 Å². The lowest BCUT2D eigenvalue weighted by molar-refractivity contribution is -0.148. The maximum absolute atomic E-state index is 15.6. The summed E-state index contributed by atoms with van der Waals surface area (Å²) >= 11 is 9.34. The maximum Gasteiger partial charge on any atom is 0.307 e. The fourth-order valence-electron chi connectivity index (χ4n) is 3.58. The van der Waals surface area contributed by atoms with Crippen molar-refractivity contribution in [2.45, 2.75) is 32.4 Å². The number of halogens is 3. The first-order valence-corrected chi connectivity index (χ1v) is 12.3. The summed E-state index contributed by atoms with van der Waals surface area (Å²) in [5.74, 6) is -2.12. The van der Waals surface area contributed by atoms with Crippen LogP contribution in [-0.4, -0.2) is 37.0 Å². The molecule has 0 bridgehead atoms. The zero-order valence-electron chi connectivity index (χ0n) is 19.5. The number of rotatable bonds is 10. The van der Waals surface area contributed by atoms with Crippen LogP contribution in [0.2, 0.25) is 5.02 Å². The molecule has 2 aromatic carbocycles. The van der Waals surface area contributed by atoms with Gasteiger partial charge in [0.25, 0.3) is 0 Å². The van der Waals surface area contributed by atoms with E-state index in [0.29, 0.717) is 21.2 Å². The Morgan fingerprint density at radius 3 is 2.79 bits per heavy atom. The molecule has 10 nitrogen and oxygen atoms in total. The summed E-state index contributed by atoms with van der Waals surface area (Å²) in [6.07, 6.45) is 1.47. The topological polar surface area (TPSA) is 140 Å². The molecule has 0 atom stereocenters. The number of fused-ring (bicyclic) bond motifs is 1. The number of esters is 1. The van der Waals surface area contributed by atoms with E-state index in [2.05, 4.69) is 31.2 Å². The Labute approximate surface area is 228 Å². The van der Waals surface area contributed by atoms with Crippen LogP contribution < -0.4 is 4.74 Å². The van der Waals surface area contributed by atoms with E-state index >= 15 is 4.39 Å². The van der Waals surface area contributed by atoms with Gasteiger partial charge in [-0.1, -0.05) is 17.7 Å². The van der Waals surface area contributed by atoms with Crippen molar-refractivity contribution in [2.75, 3.05) is 0 Å². The lowest BCUT2D eigenvalue weighted by atomic mass is 10.1. The molecule has 0 radical (unpaired) electrons. The number of aromatic nitrogens is 4. The summed E-state index contributed by atoms with van der Waals surface area (Å²) < 4.78 is 28.2. The molecule has 4 aromatic rings. The smallest absolute Gasteiger partial charge is 0.307 e. The number of carboxylic acids is 1. The molecule has 0 fully saturated rings. The molecule has 1 N–H and O–H groups in total. The summed E-state index contributed by atoms with van der Waals surface area (Å²) in [6.45, 7) is -0.270. The number of nitrogens with zero attached hydrogens (tertiary/aromatic N) is 5. The summed E-state index contributed by atoms with van der Waals surface area (Å²) in [7, 11) is 0. The molecule has 0 saturated heterocycles. The van der Waals surface area contributed by atoms with Crippen LogP contribution in [0, 0.1) is 17.1 Å². The Hall–Kier alpha value is -4.08. The standard InChI is InChI=1S/C25H18BrClFN5O5/c26-19-5-4-15(23(28)24(19)38-17-9-14(12-29)8-16(27)11-17)10-20-18-6-7-30-31-25(18)33(32-20)13-37-22(36)3-1-2-21(34)35/h4-9,11H,1-3,10,13H2,(H,34,35). The van der Waals surface area contributed by atoms with Gasteiger partial charge in [-0.25, -0.2) is 9.07 Å². The molecule has 0 unspecified atom stereocenters. The van der Waals surface area contributed by atoms with E-state index in [1.165, 1.54) is 29.1 Å². The van der Waals surface area contributed by atoms with E-state index < -0.39 is 17.8 Å². The molecule has 0 aliphatic heterocycles. The number of ether oxygens (including phenoxy) is 2. The van der Waals surface area contributed by atoms with Gasteiger partial charge in [0.2, 0.25) is 0 Å². The van der Waals surface area contributed by atoms with E-state index in [1.807, 2.05) is 6.07 Å². The Bertz CT molecular complexity index is 1570. The molecule has 0 saturated carbocycles. The Balaban J connectivity index is 1.57. The summed E-state index contributed by atoms with van der Waals surface area (Å²) in [5, 5.41) is 31.1. The highest BCUT2D eigenvalue weighted by atomic mass is 79.9. The second-order valence-electron chi connectivity index (χ2n) is 8.02. The van der Waals surface area contributed by atoms with Crippen molar-refractivity contribution in [1.82, 2.24) is 20.0 Å². The molecule has 0 spiro atoms. The third-order valence-corrected chi connectivity index (χ3v) is 6.17. The highest BCUT2D eigenvalue weighted by Crippen LogP contribution is 2.36. The highest BCUT2D eigenvalue weighted by Gasteiger charge is 2.20. The fraction of sp³-hybridized carbons (Fsp3) is 0.200. The van der Waals surface area contributed by atoms with Crippen molar-refractivity contribution in [2.24, 2.45) is 0 Å². The number of carboxylic acid groups (broad SMARTS) is 1. The minimum Gasteiger partial charge on any atom is -0.481 e. The molecule has 0 amide bonds. The summed E-state index contributed by atoms with van der Waals surface area (Å²) in [6, 6.07) is 11.2. The van der Waals surface area contributed by atoms with Crippen LogP contribution in [0.3, 0.4) is 0 Å². The predicted molar refractivity (Wildman–Crippen MR) is 136 cm³/mol. The van der Waals surface area contributed by atoms with E-state index in [4.69, 9.17) is 26.2 Å². The van der Waals surface area contributed by atoms with Gasteiger partial charge in [-0.05, 0) is 58.2 Å². The van der Waals surface area contributed by atoms with Gasteiger partial charge in [-0.3, -0.25) is 9.59 Å². The predicted octanol–water partition coefficient (Wildman–Crippen LogP) is 5.39. The van der Waals surface area contributed by atoms with Crippen molar-refractivity contribution < 1.29 is 28.6 Å². The average Bonchev–Trinajstić information content (AvgIpc) is 3.23. The Kier molecular flexibility index (Phi) is 8.50. The van der Waals surface area contributed by atoms with E-state index in [0.717, 1.165) is 0 Å². The van der Waals surface area contributed by atoms with Gasteiger partial charge in [0.1, 0.15) is 5.75 Å². The van der Waals surface area contributed by atoms with Crippen LogP contribution in [0.1, 0.15) is 36.1 Å². The number of nitriles is 1. The minimum absolute atomic E-state index is 0.0518. The molecule has 0 aliphatic rings. The third-order valence-electron chi connectivity index (χ3n) is 5.32. The van der Waals surface area contributed by atoms with Crippen LogP contribution in [0.25, 0.3) is 11.0 Å². The van der Waals surface area contributed by atoms with Crippen LogP contribution >= 0.6 is 27.5 Å². The first kappa shape index (κ1) is 27.0. The number of carbonyl (C=O) groups excluding carboxylic acids is 1. The minimum atomic E-state index is -0.996. The zero-order chi connectivity index (χ0) is 27.2. The third kappa shape index (κ3) is 6.42. The van der Waals surface area contributed by atoms with Crippen molar-refractivity contribution >= 4 is 50.5 Å². The number of hydrogen-bond donors (Lipinski definition) is 1. The summed E-state index contributed by atoms with van der Waals surface area (Å²) in [5.41, 5.74) is 1.32. The van der Waals surface area contributed by atoms with E-state index in [-0.39, 0.29) is 60.1 Å². The monoisotopic (exact) mass is 601 g/mol. The number of aliphatic carboxylic acids is 1. The average molecular weight is 603 g/mol. The Morgan fingerprint density at radius 1 is 1.21 bits per heavy atom. The molecular formula is C25H18BrClFN5O5. The van der Waals surface area contributed by atoms with Gasteiger partial charge in [-0.15, -0.1) is 5.10 Å². The van der Waals surface area contributed by atoms with Crippen molar-refractivity contribution in [3.63, 3.8) is 0 Å².